The first-order chi connectivity index (χ1) is 8.91. The molecule has 2 rings (SSSR count). The summed E-state index contributed by atoms with van der Waals surface area (Å²) in [6.07, 6.45) is -7.18. The molecule has 2 aromatic rings. The van der Waals surface area contributed by atoms with Crippen LogP contribution in [0.25, 0.3) is 11.3 Å². The van der Waals surface area contributed by atoms with Crippen LogP contribution < -0.4 is 4.74 Å². The average molecular weight is 271 g/mol. The predicted molar refractivity (Wildman–Crippen MR) is 63.8 cm³/mol. The molecule has 1 aromatic heterocycles. The van der Waals surface area contributed by atoms with Gasteiger partial charge in [0.05, 0.1) is 12.8 Å². The van der Waals surface area contributed by atoms with E-state index >= 15 is 0 Å². The first-order valence-corrected chi connectivity index (χ1v) is 5.50. The smallest absolute Gasteiger partial charge is 0.420 e. The van der Waals surface area contributed by atoms with Gasteiger partial charge < -0.3 is 14.8 Å². The van der Waals surface area contributed by atoms with E-state index in [2.05, 4.69) is 4.98 Å². The zero-order valence-electron chi connectivity index (χ0n) is 10.0. The molecule has 1 aromatic carbocycles. The summed E-state index contributed by atoms with van der Waals surface area (Å²) >= 11 is 0. The monoisotopic (exact) mass is 271 g/mol. The summed E-state index contributed by atoms with van der Waals surface area (Å²) in [4.78, 5) is 2.56. The SMILES string of the molecule is COc1ccc(-c2ccc(C(O)C(F)(F)F)[nH]2)cc1. The standard InChI is InChI=1S/C13H12F3NO2/c1-19-9-4-2-8(3-5-9)10-6-7-11(17-10)12(18)13(14,15)16/h2-7,12,17-18H,1H3. The lowest BCUT2D eigenvalue weighted by Crippen LogP contribution is -2.20. The molecule has 0 saturated heterocycles. The van der Waals surface area contributed by atoms with E-state index in [4.69, 9.17) is 9.84 Å². The summed E-state index contributed by atoms with van der Waals surface area (Å²) in [6, 6.07) is 9.55. The van der Waals surface area contributed by atoms with Crippen LogP contribution in [0.15, 0.2) is 36.4 Å². The molecule has 0 fully saturated rings. The second kappa shape index (κ2) is 4.97. The number of ether oxygens (including phenoxy) is 1. The van der Waals surface area contributed by atoms with Gasteiger partial charge in [-0.2, -0.15) is 13.2 Å². The third kappa shape index (κ3) is 2.90. The molecular formula is C13H12F3NO2. The maximum absolute atomic E-state index is 12.4. The Morgan fingerprint density at radius 1 is 1.11 bits per heavy atom. The zero-order valence-corrected chi connectivity index (χ0v) is 10.0. The van der Waals surface area contributed by atoms with E-state index in [-0.39, 0.29) is 5.69 Å². The zero-order chi connectivity index (χ0) is 14.0. The normalized spacial score (nSPS) is 13.3. The molecule has 0 bridgehead atoms. The first-order valence-electron chi connectivity index (χ1n) is 5.50. The number of nitrogens with one attached hydrogen (secondary N) is 1. The highest BCUT2D eigenvalue weighted by Crippen LogP contribution is 2.33. The van der Waals surface area contributed by atoms with E-state index in [0.717, 1.165) is 0 Å². The van der Waals surface area contributed by atoms with E-state index in [1.54, 1.807) is 24.3 Å². The molecule has 19 heavy (non-hydrogen) atoms. The number of aliphatic hydroxyl groups is 1. The second-order valence-electron chi connectivity index (χ2n) is 4.00. The van der Waals surface area contributed by atoms with Crippen molar-refractivity contribution in [1.29, 1.82) is 0 Å². The van der Waals surface area contributed by atoms with Gasteiger partial charge >= 0.3 is 6.18 Å². The van der Waals surface area contributed by atoms with Crippen molar-refractivity contribution >= 4 is 0 Å². The lowest BCUT2D eigenvalue weighted by atomic mass is 10.1. The van der Waals surface area contributed by atoms with Crippen LogP contribution in [-0.4, -0.2) is 23.4 Å². The maximum atomic E-state index is 12.4. The Balaban J connectivity index is 2.25. The van der Waals surface area contributed by atoms with Gasteiger partial charge in [0.1, 0.15) is 5.75 Å². The molecule has 1 heterocycles. The lowest BCUT2D eigenvalue weighted by Gasteiger charge is -2.12. The third-order valence-electron chi connectivity index (χ3n) is 2.71. The number of alkyl halides is 3. The molecule has 6 heteroatoms. The van der Waals surface area contributed by atoms with E-state index < -0.39 is 12.3 Å². The van der Waals surface area contributed by atoms with E-state index in [9.17, 15) is 13.2 Å². The van der Waals surface area contributed by atoms with Crippen molar-refractivity contribution < 1.29 is 23.0 Å². The van der Waals surface area contributed by atoms with E-state index in [1.165, 1.54) is 19.2 Å². The second-order valence-corrected chi connectivity index (χ2v) is 4.00. The molecular weight excluding hydrogens is 259 g/mol. The fourth-order valence-corrected chi connectivity index (χ4v) is 1.69. The van der Waals surface area contributed by atoms with Crippen molar-refractivity contribution in [2.75, 3.05) is 7.11 Å². The number of aliphatic hydroxyl groups excluding tert-OH is 1. The van der Waals surface area contributed by atoms with E-state index in [1.807, 2.05) is 0 Å². The number of hydrogen-bond acceptors (Lipinski definition) is 2. The minimum atomic E-state index is -4.68. The van der Waals surface area contributed by atoms with Gasteiger partial charge in [0.2, 0.25) is 0 Å². The molecule has 0 saturated carbocycles. The summed E-state index contributed by atoms with van der Waals surface area (Å²) in [7, 11) is 1.53. The Kier molecular flexibility index (Phi) is 3.53. The fraction of sp³-hybridized carbons (Fsp3) is 0.231. The topological polar surface area (TPSA) is 45.2 Å². The van der Waals surface area contributed by atoms with Crippen molar-refractivity contribution in [2.45, 2.75) is 12.3 Å². The number of halogens is 3. The van der Waals surface area contributed by atoms with Gasteiger partial charge in [0.15, 0.2) is 6.10 Å². The van der Waals surface area contributed by atoms with Gasteiger partial charge in [0, 0.05) is 5.69 Å². The molecule has 102 valence electrons. The quantitative estimate of drug-likeness (QED) is 0.899. The number of H-pyrrole nitrogens is 1. The summed E-state index contributed by atoms with van der Waals surface area (Å²) in [5.74, 6) is 0.658. The highest BCUT2D eigenvalue weighted by Gasteiger charge is 2.40. The lowest BCUT2D eigenvalue weighted by molar-refractivity contribution is -0.207. The van der Waals surface area contributed by atoms with Crippen LogP contribution in [0.2, 0.25) is 0 Å². The van der Waals surface area contributed by atoms with Gasteiger partial charge in [-0.15, -0.1) is 0 Å². The number of benzene rings is 1. The van der Waals surface area contributed by atoms with Crippen molar-refractivity contribution in [3.05, 3.63) is 42.1 Å². The number of aromatic amines is 1. The summed E-state index contributed by atoms with van der Waals surface area (Å²) in [6.45, 7) is 0. The minimum Gasteiger partial charge on any atom is -0.497 e. The van der Waals surface area contributed by atoms with Gasteiger partial charge in [-0.25, -0.2) is 0 Å². The maximum Gasteiger partial charge on any atom is 0.420 e. The molecule has 0 aliphatic heterocycles. The Hall–Kier alpha value is -1.95. The van der Waals surface area contributed by atoms with Gasteiger partial charge in [0.25, 0.3) is 0 Å². The van der Waals surface area contributed by atoms with Gasteiger partial charge in [-0.1, -0.05) is 0 Å². The van der Waals surface area contributed by atoms with Crippen molar-refractivity contribution in [3.8, 4) is 17.0 Å². The molecule has 2 N–H and O–H groups in total. The molecule has 0 spiro atoms. The number of aromatic nitrogens is 1. The fourth-order valence-electron chi connectivity index (χ4n) is 1.69. The Bertz CT molecular complexity index is 546. The molecule has 1 unspecified atom stereocenters. The van der Waals surface area contributed by atoms with E-state index in [0.29, 0.717) is 17.0 Å². The van der Waals surface area contributed by atoms with Crippen molar-refractivity contribution in [1.82, 2.24) is 4.98 Å². The molecule has 0 amide bonds. The summed E-state index contributed by atoms with van der Waals surface area (Å²) < 4.78 is 42.1. The van der Waals surface area contributed by atoms with Crippen molar-refractivity contribution in [3.63, 3.8) is 0 Å². The summed E-state index contributed by atoms with van der Waals surface area (Å²) in [5.41, 5.74) is 0.931. The number of rotatable bonds is 3. The third-order valence-corrected chi connectivity index (χ3v) is 2.71. The average Bonchev–Trinajstić information content (AvgIpc) is 2.86. The van der Waals surface area contributed by atoms with Crippen LogP contribution in [0.4, 0.5) is 13.2 Å². The van der Waals surface area contributed by atoms with Crippen LogP contribution in [0.5, 0.6) is 5.75 Å². The minimum absolute atomic E-state index is 0.279. The molecule has 0 aliphatic carbocycles. The predicted octanol–water partition coefficient (Wildman–Crippen LogP) is 3.29. The number of hydrogen-bond donors (Lipinski definition) is 2. The highest BCUT2D eigenvalue weighted by molar-refractivity contribution is 5.61. The van der Waals surface area contributed by atoms with Crippen LogP contribution >= 0.6 is 0 Å². The largest absolute Gasteiger partial charge is 0.497 e. The summed E-state index contributed by atoms with van der Waals surface area (Å²) in [5, 5.41) is 9.12. The Morgan fingerprint density at radius 2 is 1.74 bits per heavy atom. The van der Waals surface area contributed by atoms with Crippen LogP contribution in [0, 0.1) is 0 Å². The van der Waals surface area contributed by atoms with Crippen LogP contribution in [-0.2, 0) is 0 Å². The van der Waals surface area contributed by atoms with Crippen LogP contribution in [0.3, 0.4) is 0 Å². The first kappa shape index (κ1) is 13.5. The molecule has 0 radical (unpaired) electrons. The highest BCUT2D eigenvalue weighted by atomic mass is 19.4. The Labute approximate surface area is 107 Å². The molecule has 3 nitrogen and oxygen atoms in total. The molecule has 1 atom stereocenters. The van der Waals surface area contributed by atoms with Crippen molar-refractivity contribution in [2.24, 2.45) is 0 Å². The van der Waals surface area contributed by atoms with Gasteiger partial charge in [-0.05, 0) is 42.0 Å². The Morgan fingerprint density at radius 3 is 2.26 bits per heavy atom. The number of methoxy groups -OCH3 is 1. The van der Waals surface area contributed by atoms with Gasteiger partial charge in [-0.3, -0.25) is 0 Å². The molecule has 0 aliphatic rings. The van der Waals surface area contributed by atoms with Crippen LogP contribution in [0.1, 0.15) is 11.8 Å².